The van der Waals surface area contributed by atoms with Gasteiger partial charge in [-0.2, -0.15) is 0 Å². The molecule has 1 saturated carbocycles. The third-order valence-corrected chi connectivity index (χ3v) is 9.20. The van der Waals surface area contributed by atoms with E-state index in [4.69, 9.17) is 4.74 Å². The van der Waals surface area contributed by atoms with E-state index < -0.39 is 0 Å². The second-order valence-corrected chi connectivity index (χ2v) is 12.3. The molecule has 1 saturated heterocycles. The van der Waals surface area contributed by atoms with Crippen molar-refractivity contribution in [1.82, 2.24) is 14.7 Å². The maximum atomic E-state index is 13.3. The molecule has 0 bridgehead atoms. The topological polar surface area (TPSA) is 53.1 Å². The summed E-state index contributed by atoms with van der Waals surface area (Å²) in [5.41, 5.74) is 3.12. The lowest BCUT2D eigenvalue weighted by molar-refractivity contribution is 0.0443. The molecule has 0 N–H and O–H groups in total. The zero-order valence-corrected chi connectivity index (χ0v) is 25.3. The first-order valence-corrected chi connectivity index (χ1v) is 15.5. The summed E-state index contributed by atoms with van der Waals surface area (Å²) in [5.74, 6) is 0.985. The summed E-state index contributed by atoms with van der Waals surface area (Å²) in [5, 5.41) is 0. The fourth-order valence-corrected chi connectivity index (χ4v) is 6.96. The van der Waals surface area contributed by atoms with Crippen LogP contribution in [0.2, 0.25) is 0 Å². The quantitative estimate of drug-likeness (QED) is 0.284. The van der Waals surface area contributed by atoms with Crippen LogP contribution in [0.1, 0.15) is 66.9 Å². The molecule has 2 aliphatic rings. The molecule has 2 fully saturated rings. The highest BCUT2D eigenvalue weighted by atomic mass is 16.6. The summed E-state index contributed by atoms with van der Waals surface area (Å²) in [7, 11) is 1.97. The van der Waals surface area contributed by atoms with Crippen molar-refractivity contribution in [2.75, 3.05) is 26.7 Å². The van der Waals surface area contributed by atoms with Crippen molar-refractivity contribution in [1.29, 1.82) is 0 Å². The van der Waals surface area contributed by atoms with E-state index in [1.807, 2.05) is 77.5 Å². The minimum atomic E-state index is -0.221. The Morgan fingerprint density at radius 2 is 1.43 bits per heavy atom. The first kappa shape index (κ1) is 29.8. The van der Waals surface area contributed by atoms with Gasteiger partial charge in [-0.1, -0.05) is 78.9 Å². The maximum absolute atomic E-state index is 13.3. The molecule has 222 valence electrons. The summed E-state index contributed by atoms with van der Waals surface area (Å²) in [4.78, 5) is 32.9. The maximum Gasteiger partial charge on any atom is 0.410 e. The number of hydrogen-bond donors (Lipinski definition) is 0. The van der Waals surface area contributed by atoms with Crippen molar-refractivity contribution in [3.8, 4) is 0 Å². The highest BCUT2D eigenvalue weighted by Crippen LogP contribution is 2.42. The van der Waals surface area contributed by atoms with E-state index in [2.05, 4.69) is 49.1 Å². The minimum absolute atomic E-state index is 0.0839. The van der Waals surface area contributed by atoms with Crippen molar-refractivity contribution in [3.05, 3.63) is 108 Å². The molecule has 1 heterocycles. The molecule has 6 nitrogen and oxygen atoms in total. The van der Waals surface area contributed by atoms with E-state index in [1.54, 1.807) is 0 Å². The van der Waals surface area contributed by atoms with Gasteiger partial charge in [0.1, 0.15) is 6.61 Å². The zero-order valence-electron chi connectivity index (χ0n) is 25.3. The van der Waals surface area contributed by atoms with Crippen LogP contribution < -0.4 is 0 Å². The summed E-state index contributed by atoms with van der Waals surface area (Å²) >= 11 is 0. The van der Waals surface area contributed by atoms with Crippen LogP contribution in [-0.2, 0) is 11.3 Å². The average Bonchev–Trinajstić information content (AvgIpc) is 3.45. The van der Waals surface area contributed by atoms with Gasteiger partial charge in [0.25, 0.3) is 5.91 Å². The number of nitrogens with zero attached hydrogens (tertiary/aromatic N) is 3. The number of likely N-dealkylation sites (tertiary alicyclic amines) is 1. The van der Waals surface area contributed by atoms with Crippen LogP contribution in [0, 0.1) is 5.92 Å². The molecule has 6 heteroatoms. The lowest BCUT2D eigenvalue weighted by Crippen LogP contribution is -2.51. The Balaban J connectivity index is 1.20. The van der Waals surface area contributed by atoms with Gasteiger partial charge in [-0.15, -0.1) is 0 Å². The Labute approximate surface area is 251 Å². The fraction of sp³-hybridized carbons (Fsp3) is 0.444. The Hall–Kier alpha value is -3.64. The van der Waals surface area contributed by atoms with Crippen molar-refractivity contribution in [3.63, 3.8) is 0 Å². The lowest BCUT2D eigenvalue weighted by atomic mass is 9.88. The van der Waals surface area contributed by atoms with Gasteiger partial charge in [0.05, 0.1) is 0 Å². The highest BCUT2D eigenvalue weighted by molar-refractivity contribution is 5.94. The number of carbonyl (C=O) groups is 2. The number of rotatable bonds is 9. The normalized spacial score (nSPS) is 21.3. The molecule has 5 rings (SSSR count). The van der Waals surface area contributed by atoms with Gasteiger partial charge in [-0.3, -0.25) is 4.79 Å². The summed E-state index contributed by atoms with van der Waals surface area (Å²) in [6.07, 6.45) is 3.64. The number of piperidine rings is 1. The molecule has 0 aromatic heterocycles. The second kappa shape index (κ2) is 14.0. The van der Waals surface area contributed by atoms with Gasteiger partial charge in [-0.25, -0.2) is 4.79 Å². The van der Waals surface area contributed by atoms with Crippen LogP contribution in [0.25, 0.3) is 0 Å². The third-order valence-electron chi connectivity index (χ3n) is 9.20. The van der Waals surface area contributed by atoms with Gasteiger partial charge in [0.15, 0.2) is 0 Å². The number of benzene rings is 3. The van der Waals surface area contributed by atoms with E-state index >= 15 is 0 Å². The van der Waals surface area contributed by atoms with Gasteiger partial charge in [0.2, 0.25) is 0 Å². The zero-order chi connectivity index (χ0) is 29.5. The Bertz CT molecular complexity index is 1280. The number of hydrogen-bond acceptors (Lipinski definition) is 4. The van der Waals surface area contributed by atoms with Crippen molar-refractivity contribution < 1.29 is 14.3 Å². The van der Waals surface area contributed by atoms with Crippen molar-refractivity contribution in [2.24, 2.45) is 5.92 Å². The standard InChI is InChI=1S/C36H45N3O3/c1-27(2)39(36(41)42-26-28-13-7-4-8-14-28)32-19-21-38(22-20-32)25-31-23-33(24-34(31)29-15-9-5-10-16-29)37(3)35(40)30-17-11-6-12-18-30/h4-18,27,31-34H,19-26H2,1-3H3. The smallest absolute Gasteiger partial charge is 0.410 e. The van der Waals surface area contributed by atoms with Crippen LogP contribution in [0.4, 0.5) is 4.79 Å². The van der Waals surface area contributed by atoms with Gasteiger partial charge >= 0.3 is 6.09 Å². The number of carbonyl (C=O) groups excluding carboxylic acids is 2. The minimum Gasteiger partial charge on any atom is -0.445 e. The molecule has 1 aliphatic heterocycles. The fourth-order valence-electron chi connectivity index (χ4n) is 6.96. The first-order valence-electron chi connectivity index (χ1n) is 15.5. The van der Waals surface area contributed by atoms with E-state index in [9.17, 15) is 9.59 Å². The molecular weight excluding hydrogens is 522 g/mol. The molecule has 0 spiro atoms. The lowest BCUT2D eigenvalue weighted by Gasteiger charge is -2.41. The second-order valence-electron chi connectivity index (χ2n) is 12.3. The molecular formula is C36H45N3O3. The highest BCUT2D eigenvalue weighted by Gasteiger charge is 2.40. The molecule has 1 aliphatic carbocycles. The predicted molar refractivity (Wildman–Crippen MR) is 167 cm³/mol. The van der Waals surface area contributed by atoms with Crippen molar-refractivity contribution >= 4 is 12.0 Å². The summed E-state index contributed by atoms with van der Waals surface area (Å²) in [6, 6.07) is 30.8. The number of ether oxygens (including phenoxy) is 1. The largest absolute Gasteiger partial charge is 0.445 e. The predicted octanol–water partition coefficient (Wildman–Crippen LogP) is 6.83. The van der Waals surface area contributed by atoms with Gasteiger partial charge in [0, 0.05) is 50.4 Å². The molecule has 3 unspecified atom stereocenters. The molecule has 3 aromatic carbocycles. The Morgan fingerprint density at radius 1 is 0.833 bits per heavy atom. The molecule has 42 heavy (non-hydrogen) atoms. The van der Waals surface area contributed by atoms with E-state index in [-0.39, 0.29) is 30.1 Å². The van der Waals surface area contributed by atoms with Crippen molar-refractivity contribution in [2.45, 2.75) is 70.2 Å². The molecule has 2 amide bonds. The van der Waals surface area contributed by atoms with Crippen LogP contribution in [0.5, 0.6) is 0 Å². The number of amides is 2. The van der Waals surface area contributed by atoms with E-state index in [0.717, 1.165) is 56.4 Å². The summed E-state index contributed by atoms with van der Waals surface area (Å²) in [6.45, 7) is 7.38. The van der Waals surface area contributed by atoms with Crippen LogP contribution in [0.3, 0.4) is 0 Å². The SMILES string of the molecule is CC(C)N(C(=O)OCc1ccccc1)C1CCN(CC2CC(N(C)C(=O)c3ccccc3)CC2c2ccccc2)CC1. The molecule has 3 atom stereocenters. The van der Waals surface area contributed by atoms with Crippen LogP contribution in [0.15, 0.2) is 91.0 Å². The Morgan fingerprint density at radius 3 is 2.05 bits per heavy atom. The van der Waals surface area contributed by atoms with E-state index in [1.165, 1.54) is 5.56 Å². The Kier molecular flexibility index (Phi) is 9.96. The third kappa shape index (κ3) is 7.22. The van der Waals surface area contributed by atoms with E-state index in [0.29, 0.717) is 18.4 Å². The van der Waals surface area contributed by atoms with Gasteiger partial charge < -0.3 is 19.4 Å². The van der Waals surface area contributed by atoms with Gasteiger partial charge in [-0.05, 0) is 74.6 Å². The monoisotopic (exact) mass is 567 g/mol. The van der Waals surface area contributed by atoms with Crippen LogP contribution >= 0.6 is 0 Å². The molecule has 0 radical (unpaired) electrons. The summed E-state index contributed by atoms with van der Waals surface area (Å²) < 4.78 is 5.73. The molecule has 3 aromatic rings. The van der Waals surface area contributed by atoms with Crippen LogP contribution in [-0.4, -0.2) is 71.5 Å². The average molecular weight is 568 g/mol. The first-order chi connectivity index (χ1) is 20.4.